The lowest BCUT2D eigenvalue weighted by atomic mass is 9.95. The molecule has 0 bridgehead atoms. The van der Waals surface area contributed by atoms with E-state index < -0.39 is 5.41 Å². The summed E-state index contributed by atoms with van der Waals surface area (Å²) in [5.41, 5.74) is 6.37. The Bertz CT molecular complexity index is 1600. The Hall–Kier alpha value is -4.27. The molecule has 9 heteroatoms. The highest BCUT2D eigenvalue weighted by atomic mass is 16.2. The first-order chi connectivity index (χ1) is 17.9. The molecule has 188 valence electrons. The van der Waals surface area contributed by atoms with Gasteiger partial charge in [-0.3, -0.25) is 19.9 Å². The van der Waals surface area contributed by atoms with Crippen molar-refractivity contribution in [3.63, 3.8) is 0 Å². The number of rotatable bonds is 4. The summed E-state index contributed by atoms with van der Waals surface area (Å²) in [5, 5.41) is 11.5. The fraction of sp³-hybridized carbons (Fsp3) is 0.321. The average Bonchev–Trinajstić information content (AvgIpc) is 3.52. The lowest BCUT2D eigenvalue weighted by molar-refractivity contribution is -0.123. The Morgan fingerprint density at radius 2 is 1.86 bits per heavy atom. The number of nitrogens with zero attached hydrogens (tertiary/aromatic N) is 5. The summed E-state index contributed by atoms with van der Waals surface area (Å²) in [7, 11) is 0. The van der Waals surface area contributed by atoms with Crippen LogP contribution in [0.25, 0.3) is 44.7 Å². The van der Waals surface area contributed by atoms with Gasteiger partial charge in [-0.25, -0.2) is 4.98 Å². The molecule has 0 aliphatic carbocycles. The van der Waals surface area contributed by atoms with Gasteiger partial charge in [-0.2, -0.15) is 5.10 Å². The molecule has 1 aliphatic rings. The minimum absolute atomic E-state index is 0.0687. The highest BCUT2D eigenvalue weighted by Crippen LogP contribution is 2.33. The number of pyridine rings is 2. The zero-order valence-corrected chi connectivity index (χ0v) is 21.3. The molecule has 6 rings (SSSR count). The third-order valence-electron chi connectivity index (χ3n) is 6.83. The van der Waals surface area contributed by atoms with Crippen molar-refractivity contribution in [3.8, 4) is 22.8 Å². The lowest BCUT2D eigenvalue weighted by Crippen LogP contribution is -2.29. The average molecular weight is 495 g/mol. The molecule has 37 heavy (non-hydrogen) atoms. The van der Waals surface area contributed by atoms with E-state index in [1.807, 2.05) is 32.9 Å². The number of piperidine rings is 1. The van der Waals surface area contributed by atoms with Gasteiger partial charge in [-0.1, -0.05) is 26.8 Å². The van der Waals surface area contributed by atoms with Gasteiger partial charge in [-0.05, 0) is 43.5 Å². The quantitative estimate of drug-likeness (QED) is 0.302. The molecule has 3 N–H and O–H groups in total. The van der Waals surface area contributed by atoms with Gasteiger partial charge in [0.05, 0.1) is 40.5 Å². The molecule has 0 atom stereocenters. The van der Waals surface area contributed by atoms with Crippen LogP contribution in [0.1, 0.15) is 40.0 Å². The summed E-state index contributed by atoms with van der Waals surface area (Å²) >= 11 is 0. The van der Waals surface area contributed by atoms with E-state index in [-0.39, 0.29) is 5.91 Å². The van der Waals surface area contributed by atoms with Crippen LogP contribution in [0.4, 0.5) is 11.4 Å². The molecule has 0 radical (unpaired) electrons. The monoisotopic (exact) mass is 494 g/mol. The second-order valence-electron chi connectivity index (χ2n) is 10.7. The van der Waals surface area contributed by atoms with Gasteiger partial charge < -0.3 is 15.2 Å². The Balaban J connectivity index is 1.37. The summed E-state index contributed by atoms with van der Waals surface area (Å²) in [4.78, 5) is 32.3. The number of fused-ring (bicyclic) bond motifs is 2. The van der Waals surface area contributed by atoms with Crippen LogP contribution >= 0.6 is 0 Å². The van der Waals surface area contributed by atoms with Gasteiger partial charge >= 0.3 is 0 Å². The van der Waals surface area contributed by atoms with Crippen LogP contribution in [-0.2, 0) is 4.79 Å². The lowest BCUT2D eigenvalue weighted by Gasteiger charge is -2.28. The summed E-state index contributed by atoms with van der Waals surface area (Å²) < 4.78 is 0. The summed E-state index contributed by atoms with van der Waals surface area (Å²) in [5.74, 6) is 0.646. The summed E-state index contributed by atoms with van der Waals surface area (Å²) in [6.45, 7) is 7.76. The number of carbonyl (C=O) groups is 1. The van der Waals surface area contributed by atoms with Crippen molar-refractivity contribution in [2.24, 2.45) is 5.41 Å². The van der Waals surface area contributed by atoms with Crippen LogP contribution in [0.3, 0.4) is 0 Å². The van der Waals surface area contributed by atoms with E-state index in [2.05, 4.69) is 53.6 Å². The number of aromatic nitrogens is 6. The normalized spacial score (nSPS) is 14.4. The van der Waals surface area contributed by atoms with Crippen molar-refractivity contribution in [2.45, 2.75) is 40.0 Å². The van der Waals surface area contributed by atoms with Crippen LogP contribution in [0.15, 0.2) is 48.9 Å². The third-order valence-corrected chi connectivity index (χ3v) is 6.83. The topological polar surface area (TPSA) is 115 Å². The Labute approximate surface area is 214 Å². The summed E-state index contributed by atoms with van der Waals surface area (Å²) in [6.07, 6.45) is 8.86. The molecule has 0 saturated carbocycles. The molecule has 1 saturated heterocycles. The number of anilines is 2. The number of carbonyl (C=O) groups excluding carboxylic acids is 1. The number of imidazole rings is 1. The molecule has 4 aromatic heterocycles. The first kappa shape index (κ1) is 23.1. The molecule has 1 aliphatic heterocycles. The van der Waals surface area contributed by atoms with E-state index in [1.165, 1.54) is 24.9 Å². The van der Waals surface area contributed by atoms with Crippen LogP contribution in [0, 0.1) is 5.41 Å². The third kappa shape index (κ3) is 4.41. The first-order valence-electron chi connectivity index (χ1n) is 12.7. The maximum Gasteiger partial charge on any atom is 0.229 e. The minimum atomic E-state index is -0.501. The fourth-order valence-corrected chi connectivity index (χ4v) is 4.74. The van der Waals surface area contributed by atoms with Gasteiger partial charge in [0.1, 0.15) is 11.2 Å². The number of amides is 1. The van der Waals surface area contributed by atoms with Gasteiger partial charge in [0, 0.05) is 35.7 Å². The Morgan fingerprint density at radius 3 is 2.68 bits per heavy atom. The number of aromatic amines is 2. The number of hydrogen-bond acceptors (Lipinski definition) is 6. The smallest absolute Gasteiger partial charge is 0.229 e. The zero-order chi connectivity index (χ0) is 25.6. The molecule has 5 heterocycles. The molecule has 0 unspecified atom stereocenters. The van der Waals surface area contributed by atoms with Crippen LogP contribution in [-0.4, -0.2) is 49.1 Å². The number of para-hydroxylation sites is 1. The summed E-state index contributed by atoms with van der Waals surface area (Å²) in [6, 6.07) is 10.2. The van der Waals surface area contributed by atoms with Gasteiger partial charge in [0.15, 0.2) is 5.82 Å². The highest BCUT2D eigenvalue weighted by Gasteiger charge is 2.22. The SMILES string of the molecule is CC(C)(C)C(=O)Nc1cncc(-c2cc3c(-c4nc5c(N6CCCCC6)cccc5[nH]4)n[nH]c3cn2)c1. The first-order valence-corrected chi connectivity index (χ1v) is 12.7. The predicted octanol–water partition coefficient (Wildman–Crippen LogP) is 5.54. The second kappa shape index (κ2) is 8.99. The van der Waals surface area contributed by atoms with Gasteiger partial charge in [0.2, 0.25) is 5.91 Å². The number of H-pyrrole nitrogens is 2. The van der Waals surface area contributed by atoms with E-state index in [0.717, 1.165) is 52.0 Å². The molecule has 1 aromatic carbocycles. The molecule has 1 amide bonds. The van der Waals surface area contributed by atoms with Crippen molar-refractivity contribution in [3.05, 3.63) is 48.9 Å². The maximum absolute atomic E-state index is 12.4. The molecular weight excluding hydrogens is 464 g/mol. The fourth-order valence-electron chi connectivity index (χ4n) is 4.74. The van der Waals surface area contributed by atoms with E-state index in [4.69, 9.17) is 4.98 Å². The number of hydrogen-bond donors (Lipinski definition) is 3. The van der Waals surface area contributed by atoms with Crippen LogP contribution in [0.5, 0.6) is 0 Å². The molecule has 0 spiro atoms. The predicted molar refractivity (Wildman–Crippen MR) is 146 cm³/mol. The van der Waals surface area contributed by atoms with E-state index in [1.54, 1.807) is 18.6 Å². The van der Waals surface area contributed by atoms with E-state index in [0.29, 0.717) is 11.5 Å². The largest absolute Gasteiger partial charge is 0.370 e. The standard InChI is InChI=1S/C28H30N8O/c1-28(2,3)27(37)31-18-12-17(14-29-15-18)21-13-19-22(16-30-21)34-35-24(19)26-32-20-8-7-9-23(25(20)33-26)36-10-5-4-6-11-36/h7-9,12-16H,4-6,10-11H2,1-3H3,(H,31,37)(H,32,33)(H,34,35). The molecule has 9 nitrogen and oxygen atoms in total. The van der Waals surface area contributed by atoms with Gasteiger partial charge in [-0.15, -0.1) is 0 Å². The number of nitrogens with one attached hydrogen (secondary N) is 3. The van der Waals surface area contributed by atoms with Crippen molar-refractivity contribution in [1.82, 2.24) is 30.1 Å². The van der Waals surface area contributed by atoms with E-state index >= 15 is 0 Å². The Kier molecular flexibility index (Phi) is 5.62. The molecular formula is C28H30N8O. The van der Waals surface area contributed by atoms with Gasteiger partial charge in [0.25, 0.3) is 0 Å². The van der Waals surface area contributed by atoms with Crippen molar-refractivity contribution in [2.75, 3.05) is 23.3 Å². The zero-order valence-electron chi connectivity index (χ0n) is 21.3. The highest BCUT2D eigenvalue weighted by molar-refractivity contribution is 5.97. The maximum atomic E-state index is 12.4. The van der Waals surface area contributed by atoms with Crippen molar-refractivity contribution < 1.29 is 4.79 Å². The second-order valence-corrected chi connectivity index (χ2v) is 10.7. The van der Waals surface area contributed by atoms with Crippen molar-refractivity contribution in [1.29, 1.82) is 0 Å². The molecule has 1 fully saturated rings. The van der Waals surface area contributed by atoms with E-state index in [9.17, 15) is 4.79 Å². The Morgan fingerprint density at radius 1 is 1.03 bits per heavy atom. The molecule has 5 aromatic rings. The minimum Gasteiger partial charge on any atom is -0.370 e. The van der Waals surface area contributed by atoms with Crippen LogP contribution < -0.4 is 10.2 Å². The van der Waals surface area contributed by atoms with Crippen molar-refractivity contribution >= 4 is 39.2 Å². The number of benzene rings is 1. The van der Waals surface area contributed by atoms with Crippen LogP contribution in [0.2, 0.25) is 0 Å².